The van der Waals surface area contributed by atoms with Gasteiger partial charge in [0, 0.05) is 24.3 Å². The van der Waals surface area contributed by atoms with Crippen LogP contribution in [0.4, 0.5) is 10.3 Å². The van der Waals surface area contributed by atoms with E-state index in [1.165, 1.54) is 12.1 Å². The lowest BCUT2D eigenvalue weighted by atomic mass is 9.91. The standard InChI is InChI=1S/C25H27FN6O3/c1-3-11-27-23(33)25(2)13-34-22(35-14-25)21-31-19(15-4-6-16(26)7-5-15)20(32-21)18-10-12-28-24(30-18)29-17-8-9-17/h3-7,10,12,17,22H,1,8-9,11,13-14H2,2H3,(H,27,33)(H,31,32)(H,28,29,30). The number of hydrogen-bond acceptors (Lipinski definition) is 7. The van der Waals surface area contributed by atoms with E-state index in [1.807, 2.05) is 0 Å². The maximum Gasteiger partial charge on any atom is 0.230 e. The zero-order valence-corrected chi connectivity index (χ0v) is 19.4. The number of nitrogens with one attached hydrogen (secondary N) is 3. The number of aromatic nitrogens is 4. The summed E-state index contributed by atoms with van der Waals surface area (Å²) in [6.07, 6.45) is 4.71. The van der Waals surface area contributed by atoms with Gasteiger partial charge < -0.3 is 25.1 Å². The fourth-order valence-electron chi connectivity index (χ4n) is 3.76. The third kappa shape index (κ3) is 5.08. The lowest BCUT2D eigenvalue weighted by Crippen LogP contribution is -2.48. The van der Waals surface area contributed by atoms with Crippen molar-refractivity contribution in [1.82, 2.24) is 25.3 Å². The number of carbonyl (C=O) groups is 1. The molecule has 10 heteroatoms. The number of ether oxygens (including phenoxy) is 2. The van der Waals surface area contributed by atoms with Gasteiger partial charge in [-0.15, -0.1) is 6.58 Å². The Kier molecular flexibility index (Phi) is 6.31. The molecule has 5 rings (SSSR count). The summed E-state index contributed by atoms with van der Waals surface area (Å²) < 4.78 is 25.4. The number of hydrogen-bond donors (Lipinski definition) is 3. The molecule has 0 spiro atoms. The van der Waals surface area contributed by atoms with E-state index in [0.717, 1.165) is 12.8 Å². The summed E-state index contributed by atoms with van der Waals surface area (Å²) in [5.41, 5.74) is 1.73. The van der Waals surface area contributed by atoms with Gasteiger partial charge in [0.05, 0.1) is 35.7 Å². The Bertz CT molecular complexity index is 1220. The normalized spacial score (nSPS) is 21.9. The molecule has 2 aromatic heterocycles. The van der Waals surface area contributed by atoms with Crippen molar-refractivity contribution in [2.45, 2.75) is 32.1 Å². The van der Waals surface area contributed by atoms with Gasteiger partial charge in [0.15, 0.2) is 5.82 Å². The van der Waals surface area contributed by atoms with Crippen molar-refractivity contribution in [3.05, 3.63) is 60.8 Å². The number of carbonyl (C=O) groups excluding carboxylic acids is 1. The first kappa shape index (κ1) is 23.1. The Morgan fingerprint density at radius 3 is 2.66 bits per heavy atom. The molecule has 35 heavy (non-hydrogen) atoms. The fraction of sp³-hybridized carbons (Fsp3) is 0.360. The number of aromatic amines is 1. The highest BCUT2D eigenvalue weighted by molar-refractivity contribution is 5.82. The molecule has 1 saturated heterocycles. The van der Waals surface area contributed by atoms with Crippen LogP contribution in [-0.2, 0) is 14.3 Å². The summed E-state index contributed by atoms with van der Waals surface area (Å²) in [4.78, 5) is 29.5. The molecular weight excluding hydrogens is 451 g/mol. The van der Waals surface area contributed by atoms with Crippen LogP contribution in [0.1, 0.15) is 31.9 Å². The van der Waals surface area contributed by atoms with Crippen LogP contribution in [0.3, 0.4) is 0 Å². The van der Waals surface area contributed by atoms with Gasteiger partial charge in [0.2, 0.25) is 18.1 Å². The minimum absolute atomic E-state index is 0.158. The van der Waals surface area contributed by atoms with Gasteiger partial charge >= 0.3 is 0 Å². The fourth-order valence-corrected chi connectivity index (χ4v) is 3.76. The number of imidazole rings is 1. The summed E-state index contributed by atoms with van der Waals surface area (Å²) in [5.74, 6) is 0.470. The molecule has 3 N–H and O–H groups in total. The number of H-pyrrole nitrogens is 1. The molecule has 1 aliphatic heterocycles. The van der Waals surface area contributed by atoms with Gasteiger partial charge in [-0.3, -0.25) is 4.79 Å². The van der Waals surface area contributed by atoms with Gasteiger partial charge in [-0.1, -0.05) is 6.08 Å². The van der Waals surface area contributed by atoms with E-state index >= 15 is 0 Å². The summed E-state index contributed by atoms with van der Waals surface area (Å²) in [7, 11) is 0. The molecule has 1 amide bonds. The molecule has 2 aliphatic rings. The highest BCUT2D eigenvalue weighted by Crippen LogP contribution is 2.35. The maximum atomic E-state index is 13.6. The van der Waals surface area contributed by atoms with Crippen molar-refractivity contribution in [1.29, 1.82) is 0 Å². The highest BCUT2D eigenvalue weighted by atomic mass is 19.1. The van der Waals surface area contributed by atoms with Crippen LogP contribution in [0.15, 0.2) is 49.2 Å². The lowest BCUT2D eigenvalue weighted by molar-refractivity contribution is -0.230. The van der Waals surface area contributed by atoms with E-state index in [-0.39, 0.29) is 24.9 Å². The largest absolute Gasteiger partial charge is 0.352 e. The second-order valence-corrected chi connectivity index (χ2v) is 9.05. The van der Waals surface area contributed by atoms with Crippen molar-refractivity contribution in [3.63, 3.8) is 0 Å². The summed E-state index contributed by atoms with van der Waals surface area (Å²) in [5, 5.41) is 6.09. The monoisotopic (exact) mass is 478 g/mol. The van der Waals surface area contributed by atoms with Crippen LogP contribution in [0.2, 0.25) is 0 Å². The molecule has 0 unspecified atom stereocenters. The number of anilines is 1. The maximum absolute atomic E-state index is 13.6. The summed E-state index contributed by atoms with van der Waals surface area (Å²) in [6.45, 7) is 6.09. The Morgan fingerprint density at radius 1 is 1.23 bits per heavy atom. The second kappa shape index (κ2) is 9.55. The molecule has 3 heterocycles. The van der Waals surface area contributed by atoms with Gasteiger partial charge in [0.25, 0.3) is 0 Å². The predicted molar refractivity (Wildman–Crippen MR) is 128 cm³/mol. The molecule has 0 bridgehead atoms. The molecule has 1 saturated carbocycles. The zero-order chi connectivity index (χ0) is 24.4. The Labute approximate surface area is 202 Å². The van der Waals surface area contributed by atoms with Crippen LogP contribution in [0.5, 0.6) is 0 Å². The Morgan fingerprint density at radius 2 is 1.97 bits per heavy atom. The smallest absolute Gasteiger partial charge is 0.230 e. The minimum Gasteiger partial charge on any atom is -0.352 e. The van der Waals surface area contributed by atoms with E-state index in [4.69, 9.17) is 14.5 Å². The van der Waals surface area contributed by atoms with E-state index in [9.17, 15) is 9.18 Å². The van der Waals surface area contributed by atoms with Crippen LogP contribution in [0, 0.1) is 11.2 Å². The molecule has 1 aliphatic carbocycles. The first-order chi connectivity index (χ1) is 16.9. The lowest BCUT2D eigenvalue weighted by Gasteiger charge is -2.35. The third-order valence-corrected chi connectivity index (χ3v) is 5.95. The molecule has 1 aromatic carbocycles. The first-order valence-corrected chi connectivity index (χ1v) is 11.5. The van der Waals surface area contributed by atoms with Crippen molar-refractivity contribution >= 4 is 11.9 Å². The van der Waals surface area contributed by atoms with E-state index < -0.39 is 11.7 Å². The van der Waals surface area contributed by atoms with Crippen molar-refractivity contribution in [2.75, 3.05) is 25.1 Å². The van der Waals surface area contributed by atoms with Crippen LogP contribution < -0.4 is 10.6 Å². The molecule has 0 atom stereocenters. The first-order valence-electron chi connectivity index (χ1n) is 11.5. The number of rotatable bonds is 8. The molecule has 9 nitrogen and oxygen atoms in total. The van der Waals surface area contributed by atoms with Gasteiger partial charge in [-0.05, 0) is 50.1 Å². The summed E-state index contributed by atoms with van der Waals surface area (Å²) in [6, 6.07) is 8.27. The average Bonchev–Trinajstić information content (AvgIpc) is 3.57. The van der Waals surface area contributed by atoms with Gasteiger partial charge in [-0.25, -0.2) is 19.3 Å². The molecular formula is C25H27FN6O3. The van der Waals surface area contributed by atoms with Gasteiger partial charge in [-0.2, -0.15) is 0 Å². The second-order valence-electron chi connectivity index (χ2n) is 9.05. The molecule has 0 radical (unpaired) electrons. The number of benzene rings is 1. The van der Waals surface area contributed by atoms with Crippen molar-refractivity contribution < 1.29 is 18.7 Å². The third-order valence-electron chi connectivity index (χ3n) is 5.95. The molecule has 2 fully saturated rings. The molecule has 3 aromatic rings. The molecule has 182 valence electrons. The SMILES string of the molecule is C=CCNC(=O)C1(C)COC(c2nc(-c3ccc(F)cc3)c(-c3ccnc(NC4CC4)n3)[nH]2)OC1. The van der Waals surface area contributed by atoms with Crippen molar-refractivity contribution in [3.8, 4) is 22.6 Å². The van der Waals surface area contributed by atoms with Crippen LogP contribution in [-0.4, -0.2) is 51.6 Å². The van der Waals surface area contributed by atoms with Crippen molar-refractivity contribution in [2.24, 2.45) is 5.41 Å². The number of nitrogens with zero attached hydrogens (tertiary/aromatic N) is 3. The van der Waals surface area contributed by atoms with Gasteiger partial charge in [0.1, 0.15) is 5.82 Å². The topological polar surface area (TPSA) is 114 Å². The van der Waals surface area contributed by atoms with Crippen LogP contribution >= 0.6 is 0 Å². The Hall–Kier alpha value is -3.63. The predicted octanol–water partition coefficient (Wildman–Crippen LogP) is 3.60. The quantitative estimate of drug-likeness (QED) is 0.424. The number of halogens is 1. The zero-order valence-electron chi connectivity index (χ0n) is 19.4. The van der Waals surface area contributed by atoms with E-state index in [0.29, 0.717) is 47.0 Å². The van der Waals surface area contributed by atoms with Crippen LogP contribution in [0.25, 0.3) is 22.6 Å². The van der Waals surface area contributed by atoms with E-state index in [2.05, 4.69) is 32.2 Å². The highest BCUT2D eigenvalue weighted by Gasteiger charge is 2.40. The van der Waals surface area contributed by atoms with E-state index in [1.54, 1.807) is 37.4 Å². The minimum atomic E-state index is -0.829. The Balaban J connectivity index is 1.43. The average molecular weight is 479 g/mol. The number of amides is 1. The summed E-state index contributed by atoms with van der Waals surface area (Å²) >= 11 is 0.